The van der Waals surface area contributed by atoms with E-state index in [2.05, 4.69) is 0 Å². The van der Waals surface area contributed by atoms with Crippen LogP contribution in [0.25, 0.3) is 0 Å². The van der Waals surface area contributed by atoms with Gasteiger partial charge in [0.15, 0.2) is 9.84 Å². The molecule has 0 aliphatic heterocycles. The monoisotopic (exact) mass is 268 g/mol. The highest BCUT2D eigenvalue weighted by molar-refractivity contribution is 7.92. The molecule has 0 aromatic heterocycles. The third-order valence-electron chi connectivity index (χ3n) is 2.92. The molecule has 0 saturated carbocycles. The summed E-state index contributed by atoms with van der Waals surface area (Å²) >= 11 is 0. The van der Waals surface area contributed by atoms with E-state index < -0.39 is 15.1 Å². The van der Waals surface area contributed by atoms with Gasteiger partial charge in [-0.3, -0.25) is 4.79 Å². The topological polar surface area (TPSA) is 51.2 Å². The Bertz CT molecular complexity index is 500. The Balaban J connectivity index is 2.86. The van der Waals surface area contributed by atoms with Gasteiger partial charge in [0.05, 0.1) is 10.1 Å². The Morgan fingerprint density at radius 2 is 1.78 bits per heavy atom. The summed E-state index contributed by atoms with van der Waals surface area (Å²) < 4.78 is 24.5. The van der Waals surface area contributed by atoms with Crippen molar-refractivity contribution in [3.05, 3.63) is 29.8 Å². The van der Waals surface area contributed by atoms with E-state index in [-0.39, 0.29) is 12.2 Å². The van der Waals surface area contributed by atoms with Gasteiger partial charge in [-0.25, -0.2) is 8.42 Å². The lowest BCUT2D eigenvalue weighted by Crippen LogP contribution is -2.21. The van der Waals surface area contributed by atoms with E-state index in [0.29, 0.717) is 11.3 Å². The molecule has 0 amide bonds. The van der Waals surface area contributed by atoms with Gasteiger partial charge >= 0.3 is 0 Å². The van der Waals surface area contributed by atoms with Crippen LogP contribution in [0.4, 0.5) is 0 Å². The van der Waals surface area contributed by atoms with E-state index >= 15 is 0 Å². The van der Waals surface area contributed by atoms with Gasteiger partial charge in [0.2, 0.25) is 0 Å². The smallest absolute Gasteiger partial charge is 0.181 e. The van der Waals surface area contributed by atoms with Gasteiger partial charge in [-0.1, -0.05) is 24.6 Å². The van der Waals surface area contributed by atoms with E-state index in [1.807, 2.05) is 13.8 Å². The Morgan fingerprint density at radius 3 is 2.28 bits per heavy atom. The lowest BCUT2D eigenvalue weighted by atomic mass is 10.1. The predicted octanol–water partition coefficient (Wildman–Crippen LogP) is 2.92. The number of ketones is 1. The zero-order chi connectivity index (χ0) is 13.8. The Hall–Kier alpha value is -1.16. The van der Waals surface area contributed by atoms with E-state index in [1.165, 1.54) is 0 Å². The summed E-state index contributed by atoms with van der Waals surface area (Å²) in [5.41, 5.74) is 1.02. The van der Waals surface area contributed by atoms with E-state index in [4.69, 9.17) is 0 Å². The van der Waals surface area contributed by atoms with Crippen LogP contribution < -0.4 is 0 Å². The number of carbonyl (C=O) groups is 1. The van der Waals surface area contributed by atoms with Gasteiger partial charge in [-0.15, -0.1) is 0 Å². The lowest BCUT2D eigenvalue weighted by Gasteiger charge is -2.12. The molecule has 0 N–H and O–H groups in total. The van der Waals surface area contributed by atoms with Gasteiger partial charge in [0, 0.05) is 12.8 Å². The van der Waals surface area contributed by atoms with E-state index in [0.717, 1.165) is 12.0 Å². The molecule has 0 bridgehead atoms. The second-order valence-electron chi connectivity index (χ2n) is 4.66. The normalized spacial score (nSPS) is 13.3. The van der Waals surface area contributed by atoms with Crippen LogP contribution in [0.5, 0.6) is 0 Å². The van der Waals surface area contributed by atoms with Gasteiger partial charge in [0.1, 0.15) is 5.78 Å². The van der Waals surface area contributed by atoms with Crippen molar-refractivity contribution in [1.29, 1.82) is 0 Å². The number of hydrogen-bond donors (Lipinski definition) is 0. The highest BCUT2D eigenvalue weighted by Gasteiger charge is 2.25. The second-order valence-corrected chi connectivity index (χ2v) is 7.03. The van der Waals surface area contributed by atoms with Crippen LogP contribution in [0.2, 0.25) is 0 Å². The van der Waals surface area contributed by atoms with Crippen LogP contribution in [0.3, 0.4) is 0 Å². The third-order valence-corrected chi connectivity index (χ3v) is 5.08. The standard InChI is InChI=1S/C14H20O3S/c1-4-5-13(15)10-12(3)18(16,17)14-8-6-11(2)7-9-14/h6-9,12H,4-5,10H2,1-3H3. The van der Waals surface area contributed by atoms with E-state index in [1.54, 1.807) is 31.2 Å². The highest BCUT2D eigenvalue weighted by Crippen LogP contribution is 2.19. The molecule has 0 spiro atoms. The number of sulfone groups is 1. The number of rotatable bonds is 6. The maximum Gasteiger partial charge on any atom is 0.181 e. The molecule has 1 aromatic rings. The van der Waals surface area contributed by atoms with Crippen molar-refractivity contribution in [3.8, 4) is 0 Å². The first-order valence-electron chi connectivity index (χ1n) is 6.20. The average Bonchev–Trinajstić information content (AvgIpc) is 2.29. The first-order valence-corrected chi connectivity index (χ1v) is 7.74. The highest BCUT2D eigenvalue weighted by atomic mass is 32.2. The Labute approximate surface area is 109 Å². The summed E-state index contributed by atoms with van der Waals surface area (Å²) in [6.07, 6.45) is 1.31. The summed E-state index contributed by atoms with van der Waals surface area (Å²) in [6, 6.07) is 6.75. The minimum Gasteiger partial charge on any atom is -0.300 e. The minimum absolute atomic E-state index is 0.0145. The summed E-state index contributed by atoms with van der Waals surface area (Å²) in [5.74, 6) is 0.0145. The van der Waals surface area contributed by atoms with Crippen molar-refractivity contribution in [2.45, 2.75) is 50.2 Å². The van der Waals surface area contributed by atoms with Gasteiger partial charge in [-0.05, 0) is 32.4 Å². The molecule has 0 radical (unpaired) electrons. The fourth-order valence-corrected chi connectivity index (χ4v) is 3.16. The molecule has 0 fully saturated rings. The van der Waals surface area contributed by atoms with Crippen molar-refractivity contribution in [3.63, 3.8) is 0 Å². The minimum atomic E-state index is -3.39. The third kappa shape index (κ3) is 3.67. The molecule has 1 atom stereocenters. The second kappa shape index (κ2) is 6.14. The lowest BCUT2D eigenvalue weighted by molar-refractivity contribution is -0.119. The van der Waals surface area contributed by atoms with Crippen LogP contribution in [0.1, 0.15) is 38.7 Å². The zero-order valence-corrected chi connectivity index (χ0v) is 12.0. The van der Waals surface area contributed by atoms with Crippen LogP contribution >= 0.6 is 0 Å². The van der Waals surface area contributed by atoms with E-state index in [9.17, 15) is 13.2 Å². The molecule has 0 saturated heterocycles. The summed E-state index contributed by atoms with van der Waals surface area (Å²) in [7, 11) is -3.39. The zero-order valence-electron chi connectivity index (χ0n) is 11.1. The van der Waals surface area contributed by atoms with Crippen molar-refractivity contribution in [2.24, 2.45) is 0 Å². The molecule has 1 unspecified atom stereocenters. The van der Waals surface area contributed by atoms with Gasteiger partial charge in [0.25, 0.3) is 0 Å². The molecular formula is C14H20O3S. The van der Waals surface area contributed by atoms with Crippen LogP contribution in [0, 0.1) is 6.92 Å². The molecule has 0 aliphatic carbocycles. The van der Waals surface area contributed by atoms with Crippen LogP contribution in [-0.2, 0) is 14.6 Å². The maximum absolute atomic E-state index is 12.2. The molecule has 0 aliphatic rings. The first kappa shape index (κ1) is 14.9. The number of Topliss-reactive ketones (excluding diaryl/α,β-unsaturated/α-hetero) is 1. The predicted molar refractivity (Wildman–Crippen MR) is 72.4 cm³/mol. The molecular weight excluding hydrogens is 248 g/mol. The van der Waals surface area contributed by atoms with Crippen molar-refractivity contribution < 1.29 is 13.2 Å². The van der Waals surface area contributed by atoms with Crippen molar-refractivity contribution in [1.82, 2.24) is 0 Å². The Kier molecular flexibility index (Phi) is 5.08. The number of aryl methyl sites for hydroxylation is 1. The quantitative estimate of drug-likeness (QED) is 0.797. The van der Waals surface area contributed by atoms with Crippen molar-refractivity contribution >= 4 is 15.6 Å². The molecule has 4 heteroatoms. The van der Waals surface area contributed by atoms with Crippen molar-refractivity contribution in [2.75, 3.05) is 0 Å². The van der Waals surface area contributed by atoms with Gasteiger partial charge < -0.3 is 0 Å². The number of hydrogen-bond acceptors (Lipinski definition) is 3. The summed E-state index contributed by atoms with van der Waals surface area (Å²) in [6.45, 7) is 5.42. The SMILES string of the molecule is CCCC(=O)CC(C)S(=O)(=O)c1ccc(C)cc1. The first-order chi connectivity index (χ1) is 8.37. The molecule has 1 aromatic carbocycles. The maximum atomic E-state index is 12.2. The fourth-order valence-electron chi connectivity index (χ4n) is 1.77. The molecule has 1 rings (SSSR count). The molecule has 0 heterocycles. The largest absolute Gasteiger partial charge is 0.300 e. The Morgan fingerprint density at radius 1 is 1.22 bits per heavy atom. The fraction of sp³-hybridized carbons (Fsp3) is 0.500. The summed E-state index contributed by atoms with van der Waals surface area (Å²) in [4.78, 5) is 11.8. The van der Waals surface area contributed by atoms with Crippen LogP contribution in [0.15, 0.2) is 29.2 Å². The number of benzene rings is 1. The van der Waals surface area contributed by atoms with Gasteiger partial charge in [-0.2, -0.15) is 0 Å². The van der Waals surface area contributed by atoms with Crippen LogP contribution in [-0.4, -0.2) is 19.5 Å². The molecule has 100 valence electrons. The number of carbonyl (C=O) groups excluding carboxylic acids is 1. The molecule has 18 heavy (non-hydrogen) atoms. The summed E-state index contributed by atoms with van der Waals surface area (Å²) in [5, 5.41) is -0.653. The average molecular weight is 268 g/mol. The molecule has 3 nitrogen and oxygen atoms in total.